The van der Waals surface area contributed by atoms with Crippen LogP contribution in [0.4, 0.5) is 9.18 Å². The van der Waals surface area contributed by atoms with Crippen LogP contribution in [0.15, 0.2) is 18.2 Å². The fraction of sp³-hybridized carbons (Fsp3) is 0.650. The maximum atomic E-state index is 14.5. The molecule has 1 fully saturated rings. The average molecular weight is 385 g/mol. The molecule has 0 radical (unpaired) electrons. The molecule has 1 atom stereocenters. The van der Waals surface area contributed by atoms with Crippen molar-refractivity contribution in [2.45, 2.75) is 71.1 Å². The predicted molar refractivity (Wildman–Crippen MR) is 103 cm³/mol. The van der Waals surface area contributed by atoms with Crippen molar-refractivity contribution in [3.8, 4) is 0 Å². The van der Waals surface area contributed by atoms with Crippen LogP contribution in [0.25, 0.3) is 0 Å². The van der Waals surface area contributed by atoms with Crippen LogP contribution in [0.1, 0.15) is 65.0 Å². The van der Waals surface area contributed by atoms with Gasteiger partial charge in [-0.2, -0.15) is 0 Å². The van der Waals surface area contributed by atoms with Gasteiger partial charge in [0.1, 0.15) is 11.4 Å². The van der Waals surface area contributed by atoms with Gasteiger partial charge in [0, 0.05) is 30.7 Å². The van der Waals surface area contributed by atoms with E-state index in [-0.39, 0.29) is 16.9 Å². The molecule has 26 heavy (non-hydrogen) atoms. The summed E-state index contributed by atoms with van der Waals surface area (Å²) in [4.78, 5) is 14.1. The third kappa shape index (κ3) is 5.85. The summed E-state index contributed by atoms with van der Waals surface area (Å²) in [6.45, 7) is 8.60. The van der Waals surface area contributed by atoms with Gasteiger partial charge in [0.15, 0.2) is 0 Å². The van der Waals surface area contributed by atoms with Gasteiger partial charge >= 0.3 is 6.09 Å². The number of ether oxygens (including phenoxy) is 1. The standard InChI is InChI=1S/C20H30ClFN2O2/c1-14(16-10-7-11-17(21)18(16)22)24(15-8-5-6-9-15)13-12-23-19(25)26-20(2,3)4/h7,10-11,14-15H,5-6,8-9,12-13H2,1-4H3,(H,23,25). The second-order valence-corrected chi connectivity index (χ2v) is 8.33. The number of hydrogen-bond acceptors (Lipinski definition) is 3. The molecular formula is C20H30ClFN2O2. The zero-order chi connectivity index (χ0) is 19.3. The lowest BCUT2D eigenvalue weighted by atomic mass is 10.0. The van der Waals surface area contributed by atoms with Crippen LogP contribution in [0.3, 0.4) is 0 Å². The van der Waals surface area contributed by atoms with E-state index in [1.165, 1.54) is 12.8 Å². The summed E-state index contributed by atoms with van der Waals surface area (Å²) in [6.07, 6.45) is 4.14. The lowest BCUT2D eigenvalue weighted by Crippen LogP contribution is -2.42. The highest BCUT2D eigenvalue weighted by molar-refractivity contribution is 6.30. The van der Waals surface area contributed by atoms with Gasteiger partial charge in [-0.25, -0.2) is 9.18 Å². The Morgan fingerprint density at radius 1 is 1.38 bits per heavy atom. The summed E-state index contributed by atoms with van der Waals surface area (Å²) >= 11 is 5.96. The van der Waals surface area contributed by atoms with Crippen LogP contribution in [0.2, 0.25) is 5.02 Å². The Balaban J connectivity index is 2.04. The number of rotatable bonds is 6. The first-order chi connectivity index (χ1) is 12.2. The minimum Gasteiger partial charge on any atom is -0.444 e. The molecule has 1 aliphatic carbocycles. The van der Waals surface area contributed by atoms with Crippen molar-refractivity contribution in [3.05, 3.63) is 34.6 Å². The van der Waals surface area contributed by atoms with Crippen LogP contribution in [0.5, 0.6) is 0 Å². The van der Waals surface area contributed by atoms with Crippen LogP contribution in [-0.2, 0) is 4.74 Å². The van der Waals surface area contributed by atoms with Gasteiger partial charge in [-0.05, 0) is 46.6 Å². The molecule has 1 unspecified atom stereocenters. The number of amides is 1. The highest BCUT2D eigenvalue weighted by Crippen LogP contribution is 2.33. The summed E-state index contributed by atoms with van der Waals surface area (Å²) < 4.78 is 19.8. The molecule has 0 aliphatic heterocycles. The normalized spacial score (nSPS) is 16.7. The van der Waals surface area contributed by atoms with E-state index in [1.54, 1.807) is 18.2 Å². The minimum absolute atomic E-state index is 0.114. The molecule has 0 bridgehead atoms. The maximum absolute atomic E-state index is 14.5. The van der Waals surface area contributed by atoms with E-state index < -0.39 is 11.7 Å². The number of hydrogen-bond donors (Lipinski definition) is 1. The van der Waals surface area contributed by atoms with E-state index in [9.17, 15) is 9.18 Å². The van der Waals surface area contributed by atoms with Gasteiger partial charge in [-0.1, -0.05) is 36.6 Å². The molecule has 146 valence electrons. The Bertz CT molecular complexity index is 612. The molecule has 6 heteroatoms. The molecule has 0 aromatic heterocycles. The highest BCUT2D eigenvalue weighted by atomic mass is 35.5. The van der Waals surface area contributed by atoms with E-state index in [1.807, 2.05) is 27.7 Å². The summed E-state index contributed by atoms with van der Waals surface area (Å²) in [5, 5.41) is 2.95. The van der Waals surface area contributed by atoms with Gasteiger partial charge in [0.05, 0.1) is 5.02 Å². The molecule has 2 rings (SSSR count). The Hall–Kier alpha value is -1.33. The van der Waals surface area contributed by atoms with Crippen molar-refractivity contribution < 1.29 is 13.9 Å². The smallest absolute Gasteiger partial charge is 0.407 e. The topological polar surface area (TPSA) is 41.6 Å². The number of alkyl carbamates (subject to hydrolysis) is 1. The number of halogens is 2. The quantitative estimate of drug-likeness (QED) is 0.722. The monoisotopic (exact) mass is 384 g/mol. The van der Waals surface area contributed by atoms with E-state index in [0.29, 0.717) is 24.7 Å². The van der Waals surface area contributed by atoms with Crippen LogP contribution in [0, 0.1) is 5.82 Å². The number of benzene rings is 1. The number of carbonyl (C=O) groups is 1. The van der Waals surface area contributed by atoms with E-state index >= 15 is 0 Å². The number of nitrogens with one attached hydrogen (secondary N) is 1. The zero-order valence-corrected chi connectivity index (χ0v) is 16.9. The molecule has 0 saturated heterocycles. The van der Waals surface area contributed by atoms with Crippen LogP contribution >= 0.6 is 11.6 Å². The Morgan fingerprint density at radius 3 is 2.65 bits per heavy atom. The lowest BCUT2D eigenvalue weighted by Gasteiger charge is -2.35. The van der Waals surface area contributed by atoms with Gasteiger partial charge in [0.2, 0.25) is 0 Å². The van der Waals surface area contributed by atoms with Crippen molar-refractivity contribution in [2.75, 3.05) is 13.1 Å². The SMILES string of the molecule is CC(c1cccc(Cl)c1F)N(CCNC(=O)OC(C)(C)C)C1CCCC1. The fourth-order valence-electron chi connectivity index (χ4n) is 3.55. The maximum Gasteiger partial charge on any atom is 0.407 e. The second-order valence-electron chi connectivity index (χ2n) is 7.92. The third-order valence-electron chi connectivity index (χ3n) is 4.76. The van der Waals surface area contributed by atoms with Crippen molar-refractivity contribution >= 4 is 17.7 Å². The number of nitrogens with zero attached hydrogens (tertiary/aromatic N) is 1. The van der Waals surface area contributed by atoms with E-state index in [0.717, 1.165) is 12.8 Å². The van der Waals surface area contributed by atoms with Gasteiger partial charge in [0.25, 0.3) is 0 Å². The molecule has 0 spiro atoms. The largest absolute Gasteiger partial charge is 0.444 e. The molecular weight excluding hydrogens is 355 g/mol. The highest BCUT2D eigenvalue weighted by Gasteiger charge is 2.29. The summed E-state index contributed by atoms with van der Waals surface area (Å²) in [5.41, 5.74) is 0.0774. The first-order valence-electron chi connectivity index (χ1n) is 9.35. The van der Waals surface area contributed by atoms with Gasteiger partial charge < -0.3 is 10.1 Å². The van der Waals surface area contributed by atoms with Crippen molar-refractivity contribution in [2.24, 2.45) is 0 Å². The minimum atomic E-state index is -0.521. The number of carbonyl (C=O) groups excluding carboxylic acids is 1. The van der Waals surface area contributed by atoms with Crippen LogP contribution in [-0.4, -0.2) is 35.7 Å². The Morgan fingerprint density at radius 2 is 2.04 bits per heavy atom. The summed E-state index contributed by atoms with van der Waals surface area (Å²) in [5.74, 6) is -0.357. The Labute approximate surface area is 161 Å². The average Bonchev–Trinajstić information content (AvgIpc) is 3.06. The molecule has 1 aromatic rings. The molecule has 1 saturated carbocycles. The molecule has 1 aliphatic rings. The molecule has 1 aromatic carbocycles. The predicted octanol–water partition coefficient (Wildman–Crippen LogP) is 5.31. The Kier molecular flexibility index (Phi) is 7.30. The third-order valence-corrected chi connectivity index (χ3v) is 5.05. The van der Waals surface area contributed by atoms with Crippen molar-refractivity contribution in [3.63, 3.8) is 0 Å². The summed E-state index contributed by atoms with van der Waals surface area (Å²) in [6, 6.07) is 5.41. The van der Waals surface area contributed by atoms with E-state index in [4.69, 9.17) is 16.3 Å². The van der Waals surface area contributed by atoms with E-state index in [2.05, 4.69) is 10.2 Å². The first-order valence-corrected chi connectivity index (χ1v) is 9.73. The molecule has 1 amide bonds. The fourth-order valence-corrected chi connectivity index (χ4v) is 3.73. The summed E-state index contributed by atoms with van der Waals surface area (Å²) in [7, 11) is 0. The van der Waals surface area contributed by atoms with Gasteiger partial charge in [-0.3, -0.25) is 4.90 Å². The molecule has 1 N–H and O–H groups in total. The molecule has 4 nitrogen and oxygen atoms in total. The molecule has 0 heterocycles. The van der Waals surface area contributed by atoms with Crippen LogP contribution < -0.4 is 5.32 Å². The van der Waals surface area contributed by atoms with Crippen molar-refractivity contribution in [1.82, 2.24) is 10.2 Å². The van der Waals surface area contributed by atoms with Gasteiger partial charge in [-0.15, -0.1) is 0 Å². The second kappa shape index (κ2) is 9.05. The lowest BCUT2D eigenvalue weighted by molar-refractivity contribution is 0.0511. The van der Waals surface area contributed by atoms with Crippen molar-refractivity contribution in [1.29, 1.82) is 0 Å². The first kappa shape index (κ1) is 21.0. The zero-order valence-electron chi connectivity index (χ0n) is 16.1.